The Balaban J connectivity index is 1.70. The molecule has 0 radical (unpaired) electrons. The highest BCUT2D eigenvalue weighted by molar-refractivity contribution is 6.39. The monoisotopic (exact) mass is 324 g/mol. The molecule has 3 N–H and O–H groups in total. The van der Waals surface area contributed by atoms with Gasteiger partial charge in [-0.25, -0.2) is 0 Å². The number of nitrogens with one attached hydrogen (secondary N) is 2. The molecule has 0 saturated carbocycles. The number of amides is 2. The van der Waals surface area contributed by atoms with E-state index in [1.165, 1.54) is 16.7 Å². The SMILES string of the molecule is CCC(CO)NC(=O)C(=O)Nc1ccc2c(c1)Cc1ccccc1-2. The minimum absolute atomic E-state index is 0.188. The quantitative estimate of drug-likeness (QED) is 0.643. The second-order valence-electron chi connectivity index (χ2n) is 5.92. The molecule has 124 valence electrons. The first kappa shape index (κ1) is 16.2. The van der Waals surface area contributed by atoms with Gasteiger partial charge in [0.1, 0.15) is 0 Å². The van der Waals surface area contributed by atoms with Crippen LogP contribution in [-0.4, -0.2) is 29.6 Å². The number of carbonyl (C=O) groups is 2. The number of hydrogen-bond acceptors (Lipinski definition) is 3. The average molecular weight is 324 g/mol. The summed E-state index contributed by atoms with van der Waals surface area (Å²) in [4.78, 5) is 23.8. The third-order valence-electron chi connectivity index (χ3n) is 4.31. The molecule has 5 nitrogen and oxygen atoms in total. The lowest BCUT2D eigenvalue weighted by Crippen LogP contribution is -2.43. The number of carbonyl (C=O) groups excluding carboxylic acids is 2. The minimum Gasteiger partial charge on any atom is -0.394 e. The molecular weight excluding hydrogens is 304 g/mol. The van der Waals surface area contributed by atoms with E-state index in [4.69, 9.17) is 5.11 Å². The molecule has 1 aliphatic carbocycles. The van der Waals surface area contributed by atoms with Crippen LogP contribution in [0.15, 0.2) is 42.5 Å². The fraction of sp³-hybridized carbons (Fsp3) is 0.263. The largest absolute Gasteiger partial charge is 0.394 e. The molecule has 0 heterocycles. The van der Waals surface area contributed by atoms with Crippen LogP contribution in [-0.2, 0) is 16.0 Å². The van der Waals surface area contributed by atoms with Crippen molar-refractivity contribution in [3.05, 3.63) is 53.6 Å². The molecule has 2 amide bonds. The van der Waals surface area contributed by atoms with Crippen LogP contribution in [0.4, 0.5) is 5.69 Å². The molecule has 0 aliphatic heterocycles. The Bertz CT molecular complexity index is 782. The van der Waals surface area contributed by atoms with E-state index in [1.807, 2.05) is 31.2 Å². The smallest absolute Gasteiger partial charge is 0.313 e. The summed E-state index contributed by atoms with van der Waals surface area (Å²) < 4.78 is 0. The van der Waals surface area contributed by atoms with Gasteiger partial charge in [-0.15, -0.1) is 0 Å². The summed E-state index contributed by atoms with van der Waals surface area (Å²) in [6.45, 7) is 1.64. The summed E-state index contributed by atoms with van der Waals surface area (Å²) in [7, 11) is 0. The molecule has 1 atom stereocenters. The van der Waals surface area contributed by atoms with Crippen molar-refractivity contribution >= 4 is 17.5 Å². The summed E-state index contributed by atoms with van der Waals surface area (Å²) in [5.74, 6) is -1.46. The summed E-state index contributed by atoms with van der Waals surface area (Å²) in [5, 5.41) is 14.2. The molecule has 0 bridgehead atoms. The molecule has 5 heteroatoms. The predicted octanol–water partition coefficient (Wildman–Crippen LogP) is 2.08. The number of fused-ring (bicyclic) bond motifs is 3. The van der Waals surface area contributed by atoms with Crippen molar-refractivity contribution in [2.45, 2.75) is 25.8 Å². The van der Waals surface area contributed by atoms with E-state index < -0.39 is 17.9 Å². The van der Waals surface area contributed by atoms with Crippen LogP contribution in [0.25, 0.3) is 11.1 Å². The van der Waals surface area contributed by atoms with Gasteiger partial charge in [0.15, 0.2) is 0 Å². The number of hydrogen-bond donors (Lipinski definition) is 3. The van der Waals surface area contributed by atoms with E-state index in [1.54, 1.807) is 6.07 Å². The zero-order valence-electron chi connectivity index (χ0n) is 13.5. The highest BCUT2D eigenvalue weighted by Crippen LogP contribution is 2.37. The normalized spacial score (nSPS) is 12.9. The van der Waals surface area contributed by atoms with E-state index >= 15 is 0 Å². The highest BCUT2D eigenvalue weighted by atomic mass is 16.3. The molecule has 1 aliphatic rings. The van der Waals surface area contributed by atoms with E-state index in [-0.39, 0.29) is 6.61 Å². The number of benzene rings is 2. The molecule has 24 heavy (non-hydrogen) atoms. The third kappa shape index (κ3) is 3.16. The van der Waals surface area contributed by atoms with Crippen LogP contribution in [0.1, 0.15) is 24.5 Å². The lowest BCUT2D eigenvalue weighted by atomic mass is 10.1. The van der Waals surface area contributed by atoms with Crippen LogP contribution >= 0.6 is 0 Å². The van der Waals surface area contributed by atoms with Gasteiger partial charge in [-0.3, -0.25) is 9.59 Å². The number of rotatable bonds is 4. The van der Waals surface area contributed by atoms with Crippen molar-refractivity contribution in [3.8, 4) is 11.1 Å². The number of anilines is 1. The Morgan fingerprint density at radius 2 is 1.83 bits per heavy atom. The molecule has 2 aromatic carbocycles. The second-order valence-corrected chi connectivity index (χ2v) is 5.92. The molecule has 3 rings (SSSR count). The Morgan fingerprint density at radius 3 is 2.58 bits per heavy atom. The second kappa shape index (κ2) is 6.84. The van der Waals surface area contributed by atoms with Crippen LogP contribution in [0, 0.1) is 0 Å². The van der Waals surface area contributed by atoms with Gasteiger partial charge in [0.2, 0.25) is 0 Å². The molecule has 0 fully saturated rings. The maximum atomic E-state index is 12.0. The molecular formula is C19H20N2O3. The third-order valence-corrected chi connectivity index (χ3v) is 4.31. The predicted molar refractivity (Wildman–Crippen MR) is 92.6 cm³/mol. The average Bonchev–Trinajstić information content (AvgIpc) is 2.97. The first-order chi connectivity index (χ1) is 11.6. The van der Waals surface area contributed by atoms with Crippen molar-refractivity contribution < 1.29 is 14.7 Å². The Kier molecular flexibility index (Phi) is 4.62. The highest BCUT2D eigenvalue weighted by Gasteiger charge is 2.20. The van der Waals surface area contributed by atoms with E-state index in [9.17, 15) is 9.59 Å². The maximum absolute atomic E-state index is 12.0. The first-order valence-electron chi connectivity index (χ1n) is 8.06. The van der Waals surface area contributed by atoms with Crippen LogP contribution < -0.4 is 10.6 Å². The summed E-state index contributed by atoms with van der Waals surface area (Å²) in [6.07, 6.45) is 1.39. The fourth-order valence-electron chi connectivity index (χ4n) is 2.94. The van der Waals surface area contributed by atoms with Gasteiger partial charge >= 0.3 is 11.8 Å². The van der Waals surface area contributed by atoms with Gasteiger partial charge in [-0.05, 0) is 47.2 Å². The first-order valence-corrected chi connectivity index (χ1v) is 8.06. The molecule has 0 spiro atoms. The Hall–Kier alpha value is -2.66. The molecule has 0 aromatic heterocycles. The zero-order valence-corrected chi connectivity index (χ0v) is 13.5. The Morgan fingerprint density at radius 1 is 1.08 bits per heavy atom. The Labute approximate surface area is 140 Å². The van der Waals surface area contributed by atoms with Gasteiger partial charge in [-0.1, -0.05) is 37.3 Å². The fourth-order valence-corrected chi connectivity index (χ4v) is 2.94. The summed E-state index contributed by atoms with van der Waals surface area (Å²) in [6, 6.07) is 13.5. The standard InChI is InChI=1S/C19H20N2O3/c1-2-14(11-22)20-18(23)19(24)21-15-7-8-17-13(10-15)9-12-5-3-4-6-16(12)17/h3-8,10,14,22H,2,9,11H2,1H3,(H,20,23)(H,21,24). The van der Waals surface area contributed by atoms with E-state index in [2.05, 4.69) is 22.8 Å². The van der Waals surface area contributed by atoms with Gasteiger partial charge in [0, 0.05) is 5.69 Å². The van der Waals surface area contributed by atoms with Gasteiger partial charge in [0.05, 0.1) is 12.6 Å². The zero-order chi connectivity index (χ0) is 17.1. The van der Waals surface area contributed by atoms with Gasteiger partial charge in [-0.2, -0.15) is 0 Å². The van der Waals surface area contributed by atoms with Crippen molar-refractivity contribution in [2.24, 2.45) is 0 Å². The lowest BCUT2D eigenvalue weighted by Gasteiger charge is -2.14. The van der Waals surface area contributed by atoms with E-state index in [0.717, 1.165) is 12.0 Å². The summed E-state index contributed by atoms with van der Waals surface area (Å²) >= 11 is 0. The van der Waals surface area contributed by atoms with Gasteiger partial charge < -0.3 is 15.7 Å². The molecule has 1 unspecified atom stereocenters. The van der Waals surface area contributed by atoms with Crippen LogP contribution in [0.2, 0.25) is 0 Å². The van der Waals surface area contributed by atoms with Crippen LogP contribution in [0.5, 0.6) is 0 Å². The lowest BCUT2D eigenvalue weighted by molar-refractivity contribution is -0.136. The number of aliphatic hydroxyl groups excluding tert-OH is 1. The van der Waals surface area contributed by atoms with Crippen molar-refractivity contribution in [2.75, 3.05) is 11.9 Å². The molecule has 2 aromatic rings. The van der Waals surface area contributed by atoms with Gasteiger partial charge in [0.25, 0.3) is 0 Å². The van der Waals surface area contributed by atoms with Crippen molar-refractivity contribution in [3.63, 3.8) is 0 Å². The van der Waals surface area contributed by atoms with Crippen molar-refractivity contribution in [1.29, 1.82) is 0 Å². The number of aliphatic hydroxyl groups is 1. The topological polar surface area (TPSA) is 78.4 Å². The van der Waals surface area contributed by atoms with Crippen molar-refractivity contribution in [1.82, 2.24) is 5.32 Å². The van der Waals surface area contributed by atoms with Crippen LogP contribution in [0.3, 0.4) is 0 Å². The molecule has 0 saturated heterocycles. The minimum atomic E-state index is -0.736. The maximum Gasteiger partial charge on any atom is 0.313 e. The summed E-state index contributed by atoms with van der Waals surface area (Å²) in [5.41, 5.74) is 5.38. The van der Waals surface area contributed by atoms with E-state index in [0.29, 0.717) is 12.1 Å².